The lowest BCUT2D eigenvalue weighted by atomic mass is 10.0. The van der Waals surface area contributed by atoms with E-state index in [9.17, 15) is 4.79 Å². The fourth-order valence-electron chi connectivity index (χ4n) is 2.60. The van der Waals surface area contributed by atoms with Gasteiger partial charge in [0.15, 0.2) is 6.10 Å². The van der Waals surface area contributed by atoms with Gasteiger partial charge >= 0.3 is 5.97 Å². The number of rotatable bonds is 15. The Morgan fingerprint density at radius 3 is 1.38 bits per heavy atom. The summed E-state index contributed by atoms with van der Waals surface area (Å²) in [4.78, 5) is 10.4. The first-order valence-electron chi connectivity index (χ1n) is 8.95. The molecule has 0 rings (SSSR count). The molecule has 126 valence electrons. The predicted octanol–water partition coefficient (Wildman–Crippen LogP) is 5.16. The van der Waals surface area contributed by atoms with Crippen LogP contribution < -0.4 is 0 Å². The van der Waals surface area contributed by atoms with Crippen LogP contribution in [0, 0.1) is 5.92 Å². The van der Waals surface area contributed by atoms with Gasteiger partial charge in [-0.25, -0.2) is 4.79 Å². The molecular formula is C18H36O3. The molecule has 1 unspecified atom stereocenters. The standard InChI is InChI=1S/C18H36O3/c1-16(2)14-12-10-8-6-4-3-5-7-9-11-13-15-17(19)18(20)21/h16-17,19H,3-15H2,1-2H3,(H,20,21). The van der Waals surface area contributed by atoms with Gasteiger partial charge in [0.1, 0.15) is 0 Å². The van der Waals surface area contributed by atoms with Crippen LogP contribution in [0.4, 0.5) is 0 Å². The normalized spacial score (nSPS) is 12.8. The third kappa shape index (κ3) is 15.6. The average molecular weight is 300 g/mol. The molecule has 0 aliphatic carbocycles. The van der Waals surface area contributed by atoms with Crippen molar-refractivity contribution in [2.45, 2.75) is 103 Å². The summed E-state index contributed by atoms with van der Waals surface area (Å²) in [6, 6.07) is 0. The number of hydrogen-bond acceptors (Lipinski definition) is 2. The summed E-state index contributed by atoms with van der Waals surface area (Å²) in [5.74, 6) is -0.245. The monoisotopic (exact) mass is 300 g/mol. The number of aliphatic carboxylic acids is 1. The molecule has 21 heavy (non-hydrogen) atoms. The van der Waals surface area contributed by atoms with E-state index in [4.69, 9.17) is 10.2 Å². The lowest BCUT2D eigenvalue weighted by Crippen LogP contribution is -2.18. The van der Waals surface area contributed by atoms with Crippen LogP contribution in [0.1, 0.15) is 97.3 Å². The lowest BCUT2D eigenvalue weighted by molar-refractivity contribution is -0.146. The Labute approximate surface area is 131 Å². The van der Waals surface area contributed by atoms with Crippen molar-refractivity contribution < 1.29 is 15.0 Å². The van der Waals surface area contributed by atoms with Gasteiger partial charge in [-0.15, -0.1) is 0 Å². The average Bonchev–Trinajstić information content (AvgIpc) is 2.43. The van der Waals surface area contributed by atoms with Crippen molar-refractivity contribution in [3.63, 3.8) is 0 Å². The molecule has 2 N–H and O–H groups in total. The largest absolute Gasteiger partial charge is 0.479 e. The summed E-state index contributed by atoms with van der Waals surface area (Å²) < 4.78 is 0. The van der Waals surface area contributed by atoms with Crippen LogP contribution in [0.3, 0.4) is 0 Å². The van der Waals surface area contributed by atoms with E-state index in [0.29, 0.717) is 6.42 Å². The van der Waals surface area contributed by atoms with E-state index in [1.54, 1.807) is 0 Å². The molecule has 0 saturated carbocycles. The molecule has 0 aromatic heterocycles. The summed E-state index contributed by atoms with van der Waals surface area (Å²) >= 11 is 0. The zero-order valence-electron chi connectivity index (χ0n) is 14.1. The Balaban J connectivity index is 3.07. The first-order valence-corrected chi connectivity index (χ1v) is 8.95. The van der Waals surface area contributed by atoms with Gasteiger partial charge < -0.3 is 10.2 Å². The molecule has 0 bridgehead atoms. The van der Waals surface area contributed by atoms with Crippen molar-refractivity contribution in [1.29, 1.82) is 0 Å². The number of carboxylic acids is 1. The highest BCUT2D eigenvalue weighted by Crippen LogP contribution is 2.14. The number of aliphatic hydroxyl groups excluding tert-OH is 1. The molecular weight excluding hydrogens is 264 g/mol. The molecule has 1 atom stereocenters. The molecule has 3 nitrogen and oxygen atoms in total. The molecule has 0 aromatic carbocycles. The second-order valence-corrected chi connectivity index (χ2v) is 6.71. The van der Waals surface area contributed by atoms with Crippen LogP contribution in [-0.4, -0.2) is 22.3 Å². The van der Waals surface area contributed by atoms with Gasteiger partial charge in [-0.3, -0.25) is 0 Å². The molecule has 0 fully saturated rings. The predicted molar refractivity (Wildman–Crippen MR) is 88.5 cm³/mol. The van der Waals surface area contributed by atoms with E-state index >= 15 is 0 Å². The Morgan fingerprint density at radius 2 is 1.05 bits per heavy atom. The van der Waals surface area contributed by atoms with Crippen LogP contribution in [-0.2, 0) is 4.79 Å². The van der Waals surface area contributed by atoms with Crippen LogP contribution in [0.15, 0.2) is 0 Å². The summed E-state index contributed by atoms with van der Waals surface area (Å²) in [6.07, 6.45) is 14.4. The minimum absolute atomic E-state index is 0.395. The molecule has 0 aliphatic heterocycles. The van der Waals surface area contributed by atoms with Crippen LogP contribution >= 0.6 is 0 Å². The summed E-state index contributed by atoms with van der Waals surface area (Å²) in [5, 5.41) is 17.7. The van der Waals surface area contributed by atoms with Crippen LogP contribution in [0.5, 0.6) is 0 Å². The molecule has 0 aliphatic rings. The number of aliphatic hydroxyl groups is 1. The third-order valence-electron chi connectivity index (χ3n) is 4.04. The van der Waals surface area contributed by atoms with Crippen molar-refractivity contribution in [2.75, 3.05) is 0 Å². The van der Waals surface area contributed by atoms with Gasteiger partial charge in [0.05, 0.1) is 0 Å². The SMILES string of the molecule is CC(C)CCCCCCCCCCCCCC(O)C(=O)O. The minimum atomic E-state index is -1.17. The van der Waals surface area contributed by atoms with Crippen molar-refractivity contribution >= 4 is 5.97 Å². The number of carboxylic acid groups (broad SMARTS) is 1. The Bertz CT molecular complexity index is 239. The fraction of sp³-hybridized carbons (Fsp3) is 0.944. The second-order valence-electron chi connectivity index (χ2n) is 6.71. The van der Waals surface area contributed by atoms with Crippen LogP contribution in [0.25, 0.3) is 0 Å². The van der Waals surface area contributed by atoms with Crippen molar-refractivity contribution in [2.24, 2.45) is 5.92 Å². The van der Waals surface area contributed by atoms with Gasteiger partial charge in [-0.1, -0.05) is 90.9 Å². The number of unbranched alkanes of at least 4 members (excludes halogenated alkanes) is 10. The fourth-order valence-corrected chi connectivity index (χ4v) is 2.60. The highest BCUT2D eigenvalue weighted by atomic mass is 16.4. The quantitative estimate of drug-likeness (QED) is 0.411. The van der Waals surface area contributed by atoms with Gasteiger partial charge in [0, 0.05) is 0 Å². The van der Waals surface area contributed by atoms with Gasteiger partial charge in [0.25, 0.3) is 0 Å². The van der Waals surface area contributed by atoms with Gasteiger partial charge in [-0.05, 0) is 12.3 Å². The highest BCUT2D eigenvalue weighted by Gasteiger charge is 2.11. The lowest BCUT2D eigenvalue weighted by Gasteiger charge is -2.05. The zero-order chi connectivity index (χ0) is 15.9. The summed E-state index contributed by atoms with van der Waals surface area (Å²) in [6.45, 7) is 4.59. The number of carbonyl (C=O) groups is 1. The molecule has 0 aromatic rings. The zero-order valence-corrected chi connectivity index (χ0v) is 14.1. The van der Waals surface area contributed by atoms with E-state index in [1.807, 2.05) is 0 Å². The minimum Gasteiger partial charge on any atom is -0.479 e. The van der Waals surface area contributed by atoms with E-state index in [-0.39, 0.29) is 0 Å². The maximum Gasteiger partial charge on any atom is 0.332 e. The Morgan fingerprint density at radius 1 is 0.714 bits per heavy atom. The summed E-state index contributed by atoms with van der Waals surface area (Å²) in [5.41, 5.74) is 0. The van der Waals surface area contributed by atoms with Crippen molar-refractivity contribution in [1.82, 2.24) is 0 Å². The molecule has 3 heteroatoms. The maximum absolute atomic E-state index is 10.4. The maximum atomic E-state index is 10.4. The van der Waals surface area contributed by atoms with Crippen LogP contribution in [0.2, 0.25) is 0 Å². The van der Waals surface area contributed by atoms with E-state index < -0.39 is 12.1 Å². The number of hydrogen-bond donors (Lipinski definition) is 2. The molecule has 0 spiro atoms. The molecule has 0 radical (unpaired) electrons. The first-order chi connectivity index (χ1) is 10.0. The first kappa shape index (κ1) is 20.4. The Kier molecular flexibility index (Phi) is 14.0. The topological polar surface area (TPSA) is 57.5 Å². The highest BCUT2D eigenvalue weighted by molar-refractivity contribution is 5.71. The summed E-state index contributed by atoms with van der Waals surface area (Å²) in [7, 11) is 0. The van der Waals surface area contributed by atoms with Crippen molar-refractivity contribution in [3.8, 4) is 0 Å². The van der Waals surface area contributed by atoms with E-state index in [2.05, 4.69) is 13.8 Å². The van der Waals surface area contributed by atoms with Gasteiger partial charge in [0.2, 0.25) is 0 Å². The molecule has 0 heterocycles. The van der Waals surface area contributed by atoms with E-state index in [0.717, 1.165) is 18.8 Å². The van der Waals surface area contributed by atoms with E-state index in [1.165, 1.54) is 64.2 Å². The molecule has 0 amide bonds. The van der Waals surface area contributed by atoms with Crippen molar-refractivity contribution in [3.05, 3.63) is 0 Å². The third-order valence-corrected chi connectivity index (χ3v) is 4.04. The smallest absolute Gasteiger partial charge is 0.332 e. The molecule has 0 saturated heterocycles. The van der Waals surface area contributed by atoms with Gasteiger partial charge in [-0.2, -0.15) is 0 Å². The Hall–Kier alpha value is -0.570. The second kappa shape index (κ2) is 14.4.